The third-order valence-electron chi connectivity index (χ3n) is 2.15. The van der Waals surface area contributed by atoms with Crippen LogP contribution in [0.4, 0.5) is 24.5 Å². The van der Waals surface area contributed by atoms with Gasteiger partial charge in [-0.25, -0.2) is 8.42 Å². The minimum Gasteiger partial charge on any atom is -0.399 e. The number of nitrogens with two attached hydrogens (primary N) is 1. The van der Waals surface area contributed by atoms with E-state index in [-0.39, 0.29) is 11.4 Å². The molecule has 9 heteroatoms. The van der Waals surface area contributed by atoms with Crippen molar-refractivity contribution in [2.75, 3.05) is 16.7 Å². The number of alkyl halides is 3. The highest BCUT2D eigenvalue weighted by Crippen LogP contribution is 2.32. The summed E-state index contributed by atoms with van der Waals surface area (Å²) in [7, 11) is -3.63. The van der Waals surface area contributed by atoms with Crippen LogP contribution in [0.1, 0.15) is 5.56 Å². The molecule has 0 aliphatic carbocycles. The Bertz CT molecular complexity index is 678. The molecule has 0 aliphatic rings. The summed E-state index contributed by atoms with van der Waals surface area (Å²) in [4.78, 5) is 3.78. The number of hydrogen-bond donors (Lipinski definition) is 2. The van der Waals surface area contributed by atoms with E-state index in [0.29, 0.717) is 6.07 Å². The first-order valence-corrected chi connectivity index (χ1v) is 7.77. The molecule has 0 radical (unpaired) electrons. The Labute approximate surface area is 126 Å². The molecule has 0 atom stereocenters. The van der Waals surface area contributed by atoms with Crippen molar-refractivity contribution >= 4 is 21.4 Å². The molecule has 2 aromatic rings. The van der Waals surface area contributed by atoms with E-state index in [9.17, 15) is 21.6 Å². The molecule has 1 aromatic carbocycles. The van der Waals surface area contributed by atoms with Crippen LogP contribution in [0.2, 0.25) is 0 Å². The maximum absolute atomic E-state index is 12.3. The predicted octanol–water partition coefficient (Wildman–Crippen LogP) is 2.74. The van der Waals surface area contributed by atoms with Gasteiger partial charge in [0.15, 0.2) is 0 Å². The van der Waals surface area contributed by atoms with Gasteiger partial charge in [0.2, 0.25) is 10.0 Å². The van der Waals surface area contributed by atoms with Gasteiger partial charge in [0.25, 0.3) is 0 Å². The first-order valence-electron chi connectivity index (χ1n) is 5.88. The summed E-state index contributed by atoms with van der Waals surface area (Å²) in [6.45, 7) is 0. The molecule has 1 aromatic heterocycles. The van der Waals surface area contributed by atoms with Gasteiger partial charge in [0, 0.05) is 18.1 Å². The minimum absolute atomic E-state index is 0.166. The molecule has 2 rings (SSSR count). The van der Waals surface area contributed by atoms with Crippen LogP contribution >= 0.6 is 0 Å². The van der Waals surface area contributed by atoms with Gasteiger partial charge in [-0.2, -0.15) is 13.2 Å². The van der Waals surface area contributed by atoms with Gasteiger partial charge >= 0.3 is 6.18 Å². The second kappa shape index (κ2) is 7.12. The lowest BCUT2D eigenvalue weighted by Gasteiger charge is -2.10. The zero-order chi connectivity index (χ0) is 16.8. The number of halogens is 3. The Morgan fingerprint density at radius 2 is 1.68 bits per heavy atom. The highest BCUT2D eigenvalue weighted by molar-refractivity contribution is 7.92. The summed E-state index contributed by atoms with van der Waals surface area (Å²) in [6, 6.07) is 8.23. The zero-order valence-electron chi connectivity index (χ0n) is 11.5. The normalized spacial score (nSPS) is 11.3. The Hall–Kier alpha value is -2.29. The minimum atomic E-state index is -4.57. The summed E-state index contributed by atoms with van der Waals surface area (Å²) in [5.74, 6) is 0. The lowest BCUT2D eigenvalue weighted by atomic mass is 10.2. The van der Waals surface area contributed by atoms with E-state index >= 15 is 0 Å². The molecule has 0 fully saturated rings. The highest BCUT2D eigenvalue weighted by Gasteiger charge is 2.31. The number of nitrogens with zero attached hydrogens (tertiary/aromatic N) is 1. The Kier molecular flexibility index (Phi) is 5.75. The molecule has 1 heterocycles. The fraction of sp³-hybridized carbons (Fsp3) is 0.154. The van der Waals surface area contributed by atoms with Crippen LogP contribution in [-0.4, -0.2) is 19.7 Å². The van der Waals surface area contributed by atoms with Crippen LogP contribution < -0.4 is 10.5 Å². The summed E-state index contributed by atoms with van der Waals surface area (Å²) >= 11 is 0. The highest BCUT2D eigenvalue weighted by atomic mass is 32.2. The first kappa shape index (κ1) is 17.8. The molecule has 0 saturated carbocycles. The van der Waals surface area contributed by atoms with E-state index in [4.69, 9.17) is 5.73 Å². The standard InChI is InChI=1S/C8H9F3N2O2S.C5H5N/c1-16(14,15)13-7-3-5(8(9,10)11)2-6(12)4-7;1-2-4-6-5-3-1/h2-4,13H,12H2,1H3;1-5H. The summed E-state index contributed by atoms with van der Waals surface area (Å²) < 4.78 is 60.7. The summed E-state index contributed by atoms with van der Waals surface area (Å²) in [5.41, 5.74) is 3.86. The average Bonchev–Trinajstić information content (AvgIpc) is 2.37. The second-order valence-electron chi connectivity index (χ2n) is 4.24. The van der Waals surface area contributed by atoms with Crippen LogP contribution in [0.3, 0.4) is 0 Å². The van der Waals surface area contributed by atoms with E-state index in [1.807, 2.05) is 22.9 Å². The number of nitrogens with one attached hydrogen (secondary N) is 1. The number of pyridine rings is 1. The van der Waals surface area contributed by atoms with Crippen molar-refractivity contribution in [3.05, 3.63) is 54.4 Å². The Morgan fingerprint density at radius 1 is 1.09 bits per heavy atom. The number of anilines is 2. The SMILES string of the molecule is CS(=O)(=O)Nc1cc(N)cc(C(F)(F)F)c1.c1ccncc1. The van der Waals surface area contributed by atoms with Crippen LogP contribution in [-0.2, 0) is 16.2 Å². The van der Waals surface area contributed by atoms with Gasteiger partial charge in [-0.05, 0) is 30.3 Å². The van der Waals surface area contributed by atoms with E-state index in [1.54, 1.807) is 12.4 Å². The first-order chi connectivity index (χ1) is 10.1. The third kappa shape index (κ3) is 6.93. The Morgan fingerprint density at radius 3 is 2.05 bits per heavy atom. The number of rotatable bonds is 2. The van der Waals surface area contributed by atoms with Crippen molar-refractivity contribution in [3.8, 4) is 0 Å². The molecule has 0 unspecified atom stereocenters. The lowest BCUT2D eigenvalue weighted by molar-refractivity contribution is -0.137. The monoisotopic (exact) mass is 333 g/mol. The third-order valence-corrected chi connectivity index (χ3v) is 2.76. The molecule has 0 aliphatic heterocycles. The molecule has 0 amide bonds. The van der Waals surface area contributed by atoms with Gasteiger partial charge in [-0.15, -0.1) is 0 Å². The average molecular weight is 333 g/mol. The maximum Gasteiger partial charge on any atom is 0.416 e. The van der Waals surface area contributed by atoms with Crippen molar-refractivity contribution < 1.29 is 21.6 Å². The summed E-state index contributed by atoms with van der Waals surface area (Å²) in [6.07, 6.45) is -0.229. The molecular weight excluding hydrogens is 319 g/mol. The van der Waals surface area contributed by atoms with Crippen LogP contribution in [0.15, 0.2) is 48.8 Å². The van der Waals surface area contributed by atoms with E-state index in [1.165, 1.54) is 0 Å². The van der Waals surface area contributed by atoms with E-state index < -0.39 is 21.8 Å². The quantitative estimate of drug-likeness (QED) is 0.828. The van der Waals surface area contributed by atoms with Gasteiger partial charge in [0.05, 0.1) is 17.5 Å². The molecule has 120 valence electrons. The Balaban J connectivity index is 0.000000335. The largest absolute Gasteiger partial charge is 0.416 e. The van der Waals surface area contributed by atoms with Gasteiger partial charge < -0.3 is 5.73 Å². The number of sulfonamides is 1. The molecule has 0 bridgehead atoms. The number of aromatic nitrogens is 1. The fourth-order valence-corrected chi connectivity index (χ4v) is 1.95. The van der Waals surface area contributed by atoms with Crippen LogP contribution in [0.5, 0.6) is 0 Å². The van der Waals surface area contributed by atoms with Crippen molar-refractivity contribution in [1.29, 1.82) is 0 Å². The molecule has 22 heavy (non-hydrogen) atoms. The fourth-order valence-electron chi connectivity index (χ4n) is 1.40. The zero-order valence-corrected chi connectivity index (χ0v) is 12.3. The van der Waals surface area contributed by atoms with Gasteiger partial charge in [-0.3, -0.25) is 9.71 Å². The van der Waals surface area contributed by atoms with Crippen molar-refractivity contribution in [2.24, 2.45) is 0 Å². The number of hydrogen-bond acceptors (Lipinski definition) is 4. The van der Waals surface area contributed by atoms with Gasteiger partial charge in [0.1, 0.15) is 0 Å². The maximum atomic E-state index is 12.3. The lowest BCUT2D eigenvalue weighted by Crippen LogP contribution is -2.12. The van der Waals surface area contributed by atoms with Crippen molar-refractivity contribution in [2.45, 2.75) is 6.18 Å². The van der Waals surface area contributed by atoms with Crippen LogP contribution in [0.25, 0.3) is 0 Å². The van der Waals surface area contributed by atoms with Crippen molar-refractivity contribution in [1.82, 2.24) is 4.98 Å². The van der Waals surface area contributed by atoms with E-state index in [2.05, 4.69) is 4.98 Å². The van der Waals surface area contributed by atoms with Gasteiger partial charge in [-0.1, -0.05) is 6.07 Å². The van der Waals surface area contributed by atoms with E-state index in [0.717, 1.165) is 18.4 Å². The number of nitrogen functional groups attached to an aromatic ring is 1. The second-order valence-corrected chi connectivity index (χ2v) is 5.99. The van der Waals surface area contributed by atoms with Crippen molar-refractivity contribution in [3.63, 3.8) is 0 Å². The predicted molar refractivity (Wildman–Crippen MR) is 78.6 cm³/mol. The molecular formula is C13H14F3N3O2S. The smallest absolute Gasteiger partial charge is 0.399 e. The molecule has 0 saturated heterocycles. The summed E-state index contributed by atoms with van der Waals surface area (Å²) in [5, 5.41) is 0. The number of benzene rings is 1. The molecule has 5 nitrogen and oxygen atoms in total. The molecule has 3 N–H and O–H groups in total. The van der Waals surface area contributed by atoms with Crippen LogP contribution in [0, 0.1) is 0 Å². The molecule has 0 spiro atoms. The topological polar surface area (TPSA) is 85.1 Å².